The van der Waals surface area contributed by atoms with E-state index in [0.717, 1.165) is 10.1 Å². The van der Waals surface area contributed by atoms with Gasteiger partial charge in [-0.05, 0) is 37.4 Å². The molecule has 9 heteroatoms. The molecule has 2 fully saturated rings. The van der Waals surface area contributed by atoms with Crippen molar-refractivity contribution >= 4 is 23.0 Å². The third kappa shape index (κ3) is 1.92. The van der Waals surface area contributed by atoms with Gasteiger partial charge in [0.1, 0.15) is 5.41 Å². The Morgan fingerprint density at radius 3 is 2.72 bits per heavy atom. The van der Waals surface area contributed by atoms with Crippen LogP contribution in [0.4, 0.5) is 0 Å². The fourth-order valence-electron chi connectivity index (χ4n) is 7.41. The molecule has 1 aromatic carbocycles. The van der Waals surface area contributed by atoms with E-state index in [-0.39, 0.29) is 12.0 Å². The van der Waals surface area contributed by atoms with Crippen molar-refractivity contribution in [2.75, 3.05) is 27.3 Å². The summed E-state index contributed by atoms with van der Waals surface area (Å²) < 4.78 is 16.8. The SMILES string of the molecule is COC(=O)C12C=CCN3CCC4(c5cccc6oc(=O)n(c56)C(O)(C(=O)OC)C4CC1)C32. The molecule has 4 heterocycles. The molecule has 9 nitrogen and oxygen atoms in total. The van der Waals surface area contributed by atoms with Crippen LogP contribution in [0.1, 0.15) is 24.8 Å². The number of rotatable bonds is 2. The summed E-state index contributed by atoms with van der Waals surface area (Å²) >= 11 is 0. The van der Waals surface area contributed by atoms with Crippen LogP contribution in [0.15, 0.2) is 39.6 Å². The average Bonchev–Trinajstić information content (AvgIpc) is 3.36. The molecule has 2 aromatic rings. The van der Waals surface area contributed by atoms with Crippen molar-refractivity contribution in [2.24, 2.45) is 11.3 Å². The summed E-state index contributed by atoms with van der Waals surface area (Å²) in [7, 11) is 2.58. The van der Waals surface area contributed by atoms with Crippen LogP contribution in [0.25, 0.3) is 11.1 Å². The molecule has 1 N–H and O–H groups in total. The molecular weight excluding hydrogens is 416 g/mol. The van der Waals surface area contributed by atoms with E-state index in [1.165, 1.54) is 14.2 Å². The van der Waals surface area contributed by atoms with E-state index in [2.05, 4.69) is 4.90 Å². The molecule has 3 aliphatic heterocycles. The van der Waals surface area contributed by atoms with Crippen LogP contribution < -0.4 is 5.76 Å². The Bertz CT molecular complexity index is 1260. The Hall–Kier alpha value is -2.91. The molecule has 1 spiro atoms. The summed E-state index contributed by atoms with van der Waals surface area (Å²) in [4.78, 5) is 41.5. The van der Waals surface area contributed by atoms with E-state index in [1.807, 2.05) is 24.3 Å². The minimum atomic E-state index is -2.25. The van der Waals surface area contributed by atoms with Gasteiger partial charge in [0.05, 0.1) is 19.7 Å². The van der Waals surface area contributed by atoms with Gasteiger partial charge >= 0.3 is 17.7 Å². The van der Waals surface area contributed by atoms with Crippen LogP contribution >= 0.6 is 0 Å². The van der Waals surface area contributed by atoms with E-state index < -0.39 is 34.2 Å². The summed E-state index contributed by atoms with van der Waals surface area (Å²) in [5.74, 6) is -2.72. The monoisotopic (exact) mass is 440 g/mol. The quantitative estimate of drug-likeness (QED) is 0.541. The third-order valence-corrected chi connectivity index (χ3v) is 8.36. The van der Waals surface area contributed by atoms with Crippen molar-refractivity contribution in [1.29, 1.82) is 0 Å². The van der Waals surface area contributed by atoms with Gasteiger partial charge in [0.25, 0.3) is 5.72 Å². The highest BCUT2D eigenvalue weighted by atomic mass is 16.5. The number of carbonyl (C=O) groups excluding carboxylic acids is 2. The molecule has 4 aliphatic rings. The highest BCUT2D eigenvalue weighted by Crippen LogP contribution is 2.65. The first-order valence-corrected chi connectivity index (χ1v) is 10.8. The topological polar surface area (TPSA) is 111 Å². The molecule has 0 radical (unpaired) electrons. The number of methoxy groups -OCH3 is 2. The molecule has 6 rings (SSSR count). The van der Waals surface area contributed by atoms with Crippen LogP contribution in [-0.4, -0.2) is 59.9 Å². The van der Waals surface area contributed by atoms with Crippen molar-refractivity contribution in [2.45, 2.75) is 36.4 Å². The molecule has 0 amide bonds. The number of hydrogen-bond acceptors (Lipinski definition) is 8. The van der Waals surface area contributed by atoms with E-state index in [9.17, 15) is 19.5 Å². The lowest BCUT2D eigenvalue weighted by Gasteiger charge is -2.60. The number of benzene rings is 1. The molecule has 1 saturated carbocycles. The maximum Gasteiger partial charge on any atom is 0.422 e. The minimum Gasteiger partial charge on any atom is -0.468 e. The molecule has 1 saturated heterocycles. The number of esters is 2. The Labute approximate surface area is 183 Å². The minimum absolute atomic E-state index is 0.293. The smallest absolute Gasteiger partial charge is 0.422 e. The van der Waals surface area contributed by atoms with E-state index in [4.69, 9.17) is 13.9 Å². The lowest BCUT2D eigenvalue weighted by Crippen LogP contribution is -2.70. The van der Waals surface area contributed by atoms with E-state index >= 15 is 0 Å². The largest absolute Gasteiger partial charge is 0.468 e. The van der Waals surface area contributed by atoms with Crippen LogP contribution in [-0.2, 0) is 30.2 Å². The number of aliphatic hydroxyl groups is 1. The van der Waals surface area contributed by atoms with Gasteiger partial charge in [-0.25, -0.2) is 14.2 Å². The molecule has 1 aromatic heterocycles. The molecular formula is C23H24N2O7. The number of ether oxygens (including phenoxy) is 2. The third-order valence-electron chi connectivity index (χ3n) is 8.36. The number of aromatic nitrogens is 1. The van der Waals surface area contributed by atoms with Gasteiger partial charge in [-0.3, -0.25) is 9.69 Å². The van der Waals surface area contributed by atoms with Gasteiger partial charge < -0.3 is 19.0 Å². The zero-order valence-electron chi connectivity index (χ0n) is 17.9. The first kappa shape index (κ1) is 19.8. The Morgan fingerprint density at radius 2 is 1.97 bits per heavy atom. The maximum absolute atomic E-state index is 13.2. The molecule has 168 valence electrons. The van der Waals surface area contributed by atoms with Crippen LogP contribution in [0.5, 0.6) is 0 Å². The lowest BCUT2D eigenvalue weighted by atomic mass is 9.48. The summed E-state index contributed by atoms with van der Waals surface area (Å²) in [6.07, 6.45) is 5.25. The fraction of sp³-hybridized carbons (Fsp3) is 0.522. The van der Waals surface area contributed by atoms with Gasteiger partial charge in [0, 0.05) is 23.9 Å². The zero-order chi connectivity index (χ0) is 22.5. The number of nitrogens with zero attached hydrogens (tertiary/aromatic N) is 2. The van der Waals surface area contributed by atoms with Crippen LogP contribution in [0, 0.1) is 11.3 Å². The summed E-state index contributed by atoms with van der Waals surface area (Å²) in [6, 6.07) is 5.05. The second kappa shape index (κ2) is 6.11. The van der Waals surface area contributed by atoms with Crippen molar-refractivity contribution in [3.63, 3.8) is 0 Å². The molecule has 5 unspecified atom stereocenters. The predicted molar refractivity (Wildman–Crippen MR) is 111 cm³/mol. The molecule has 5 atom stereocenters. The normalized spacial score (nSPS) is 37.1. The second-order valence-electron chi connectivity index (χ2n) is 9.29. The van der Waals surface area contributed by atoms with Crippen molar-refractivity contribution < 1.29 is 28.6 Å². The standard InChI is InChI=1S/C23H24N2O7/c1-30-18(26)21-8-4-11-24-12-10-22(17(21)24)13-5-3-6-14-16(13)25(20(28)32-14)23(29,19(27)31-2)15(22)7-9-21/h3-6,8,15,17,29H,7,9-12H2,1-2H3. The summed E-state index contributed by atoms with van der Waals surface area (Å²) in [5, 5.41) is 12.0. The molecule has 32 heavy (non-hydrogen) atoms. The maximum atomic E-state index is 13.2. The van der Waals surface area contributed by atoms with Gasteiger partial charge in [0.2, 0.25) is 0 Å². The van der Waals surface area contributed by atoms with Crippen molar-refractivity contribution in [3.05, 3.63) is 46.5 Å². The van der Waals surface area contributed by atoms with Crippen LogP contribution in [0.3, 0.4) is 0 Å². The number of para-hydroxylation sites is 1. The van der Waals surface area contributed by atoms with Crippen molar-refractivity contribution in [3.8, 4) is 0 Å². The molecule has 1 aliphatic carbocycles. The molecule has 0 bridgehead atoms. The first-order valence-electron chi connectivity index (χ1n) is 10.8. The van der Waals surface area contributed by atoms with Gasteiger partial charge in [-0.15, -0.1) is 0 Å². The van der Waals surface area contributed by atoms with Crippen molar-refractivity contribution in [1.82, 2.24) is 9.47 Å². The predicted octanol–water partition coefficient (Wildman–Crippen LogP) is 0.877. The lowest BCUT2D eigenvalue weighted by molar-refractivity contribution is -0.205. The van der Waals surface area contributed by atoms with Gasteiger partial charge in [0.15, 0.2) is 5.58 Å². The fourth-order valence-corrected chi connectivity index (χ4v) is 7.41. The Morgan fingerprint density at radius 1 is 1.19 bits per heavy atom. The van der Waals surface area contributed by atoms with E-state index in [1.54, 1.807) is 6.07 Å². The van der Waals surface area contributed by atoms with Gasteiger partial charge in [-0.2, -0.15) is 0 Å². The Kier molecular flexibility index (Phi) is 3.77. The number of oxazole rings is 1. The highest BCUT2D eigenvalue weighted by molar-refractivity contribution is 5.88. The van der Waals surface area contributed by atoms with E-state index in [0.29, 0.717) is 43.5 Å². The zero-order valence-corrected chi connectivity index (χ0v) is 17.9. The summed E-state index contributed by atoms with van der Waals surface area (Å²) in [6.45, 7) is 1.34. The Balaban J connectivity index is 1.74. The highest BCUT2D eigenvalue weighted by Gasteiger charge is 2.73. The first-order chi connectivity index (χ1) is 15.4. The average molecular weight is 440 g/mol. The van der Waals surface area contributed by atoms with Gasteiger partial charge in [-0.1, -0.05) is 24.3 Å². The summed E-state index contributed by atoms with van der Waals surface area (Å²) in [5.41, 5.74) is -2.44. The second-order valence-corrected chi connectivity index (χ2v) is 9.29. The number of carbonyl (C=O) groups is 2. The van der Waals surface area contributed by atoms with Crippen LogP contribution in [0.2, 0.25) is 0 Å². The number of hydrogen-bond donors (Lipinski definition) is 1.